The summed E-state index contributed by atoms with van der Waals surface area (Å²) in [6.07, 6.45) is 0. The van der Waals surface area contributed by atoms with E-state index in [-0.39, 0.29) is 6.71 Å². The molecule has 0 spiro atoms. The summed E-state index contributed by atoms with van der Waals surface area (Å²) >= 11 is 0. The first kappa shape index (κ1) is 65.3. The van der Waals surface area contributed by atoms with Crippen molar-refractivity contribution in [1.82, 2.24) is 0 Å². The van der Waals surface area contributed by atoms with Crippen LogP contribution in [0.3, 0.4) is 0 Å². The highest BCUT2D eigenvalue weighted by molar-refractivity contribution is 7.00. The Morgan fingerprint density at radius 1 is 0.177 bits per heavy atom. The summed E-state index contributed by atoms with van der Waals surface area (Å²) < 4.78 is 13.5. The van der Waals surface area contributed by atoms with Crippen molar-refractivity contribution in [2.24, 2.45) is 0 Å². The van der Waals surface area contributed by atoms with Crippen LogP contribution in [-0.2, 0) is 0 Å². The zero-order valence-electron chi connectivity index (χ0n) is 61.6. The van der Waals surface area contributed by atoms with Gasteiger partial charge in [-0.2, -0.15) is 0 Å². The predicted molar refractivity (Wildman–Crippen MR) is 475 cm³/mol. The average Bonchev–Trinajstić information content (AvgIpc) is 1.24. The molecule has 0 saturated heterocycles. The Labute approximate surface area is 656 Å². The van der Waals surface area contributed by atoms with Gasteiger partial charge in [-0.3, -0.25) is 0 Å². The van der Waals surface area contributed by atoms with Crippen molar-refractivity contribution in [2.45, 2.75) is 0 Å². The smallest absolute Gasteiger partial charge is 0.252 e. The first-order valence-electron chi connectivity index (χ1n) is 38.9. The third-order valence-corrected chi connectivity index (χ3v) is 23.2. The van der Waals surface area contributed by atoms with Gasteiger partial charge in [0.2, 0.25) is 0 Å². The molecule has 0 amide bonds. The Morgan fingerprint density at radius 2 is 0.513 bits per heavy atom. The molecule has 0 atom stereocenters. The van der Waals surface area contributed by atoms with E-state index in [1.54, 1.807) is 0 Å². The standard InChI is InChI=1S/C108H69BN2O2/c1-9-30-70(31-10-1)78-52-56-85(89(60-78)73-36-15-4-16-37-73)80-53-57-97-95(66-80)109-96-67-81(86-48-29-51-104-105(86)88-47-26-28-50-102(88)113-104)54-58-98(96)111(108-92(76-42-21-7-22-43-76)64-83(72-34-13-3-14-35-72)65-93(108)77-44-23-8-24-45-77)100-69-84(79-55-59-103-94(61-79)87-46-25-27-49-101(87)112-103)68-99(106(100)109)110(97)107-90(74-38-17-5-18-39-74)62-82(71-32-11-2-12-33-71)63-91(107)75-40-19-6-20-41-75/h1-69H. The Hall–Kier alpha value is -14.8. The molecule has 5 heteroatoms. The molecule has 4 heterocycles. The molecule has 526 valence electrons. The minimum atomic E-state index is -0.385. The molecule has 0 unspecified atom stereocenters. The monoisotopic (exact) mass is 1440 g/mol. The number of hydrogen-bond acceptors (Lipinski definition) is 4. The highest BCUT2D eigenvalue weighted by Gasteiger charge is 2.46. The molecule has 4 nitrogen and oxygen atoms in total. The van der Waals surface area contributed by atoms with Crippen molar-refractivity contribution < 1.29 is 8.83 Å². The second kappa shape index (κ2) is 27.1. The number of para-hydroxylation sites is 2. The summed E-state index contributed by atoms with van der Waals surface area (Å²) in [5, 5.41) is 4.30. The molecule has 18 aromatic carbocycles. The van der Waals surface area contributed by atoms with E-state index in [4.69, 9.17) is 8.83 Å². The largest absolute Gasteiger partial charge is 0.456 e. The first-order chi connectivity index (χ1) is 56.0. The lowest BCUT2D eigenvalue weighted by atomic mass is 9.33. The van der Waals surface area contributed by atoms with Gasteiger partial charge in [0, 0.05) is 66.5 Å². The van der Waals surface area contributed by atoms with E-state index in [2.05, 4.69) is 428 Å². The predicted octanol–water partition coefficient (Wildman–Crippen LogP) is 27.9. The van der Waals surface area contributed by atoms with Gasteiger partial charge >= 0.3 is 0 Å². The van der Waals surface area contributed by atoms with Crippen LogP contribution >= 0.6 is 0 Å². The lowest BCUT2D eigenvalue weighted by Gasteiger charge is -2.46. The van der Waals surface area contributed by atoms with Crippen LogP contribution in [0.25, 0.3) is 166 Å². The number of anilines is 6. The molecule has 0 radical (unpaired) electrons. The van der Waals surface area contributed by atoms with Gasteiger partial charge in [-0.05, 0) is 201 Å². The summed E-state index contributed by atoms with van der Waals surface area (Å²) in [6.45, 7) is -0.385. The van der Waals surface area contributed by atoms with Gasteiger partial charge in [0.1, 0.15) is 22.3 Å². The van der Waals surface area contributed by atoms with Crippen LogP contribution in [0.2, 0.25) is 0 Å². The van der Waals surface area contributed by atoms with Crippen LogP contribution in [0.1, 0.15) is 0 Å². The lowest BCUT2D eigenvalue weighted by Crippen LogP contribution is -2.61. The van der Waals surface area contributed by atoms with E-state index in [1.165, 1.54) is 16.5 Å². The molecule has 2 aliphatic heterocycles. The van der Waals surface area contributed by atoms with Crippen molar-refractivity contribution in [3.05, 3.63) is 419 Å². The van der Waals surface area contributed by atoms with Crippen LogP contribution in [0.15, 0.2) is 427 Å². The van der Waals surface area contributed by atoms with Crippen molar-refractivity contribution >= 4 is 101 Å². The number of rotatable bonds is 13. The van der Waals surface area contributed by atoms with E-state index in [0.29, 0.717) is 0 Å². The Balaban J connectivity index is 0.927. The van der Waals surface area contributed by atoms with Crippen LogP contribution < -0.4 is 26.2 Å². The van der Waals surface area contributed by atoms with Crippen molar-refractivity contribution in [3.63, 3.8) is 0 Å². The van der Waals surface area contributed by atoms with Crippen molar-refractivity contribution in [3.8, 4) is 122 Å². The maximum atomic E-state index is 6.78. The molecule has 113 heavy (non-hydrogen) atoms. The lowest BCUT2D eigenvalue weighted by molar-refractivity contribution is 0.668. The van der Waals surface area contributed by atoms with Gasteiger partial charge in [0.15, 0.2) is 0 Å². The second-order valence-corrected chi connectivity index (χ2v) is 29.7. The second-order valence-electron chi connectivity index (χ2n) is 29.7. The summed E-state index contributed by atoms with van der Waals surface area (Å²) in [5.74, 6) is 0. The summed E-state index contributed by atoms with van der Waals surface area (Å²) in [6, 6.07) is 155. The van der Waals surface area contributed by atoms with Gasteiger partial charge < -0.3 is 18.6 Å². The fourth-order valence-corrected chi connectivity index (χ4v) is 18.1. The molecule has 22 rings (SSSR count). The molecule has 0 aliphatic carbocycles. The maximum absolute atomic E-state index is 6.78. The van der Waals surface area contributed by atoms with Gasteiger partial charge in [-0.15, -0.1) is 0 Å². The Kier molecular flexibility index (Phi) is 15.7. The fourth-order valence-electron chi connectivity index (χ4n) is 18.1. The third-order valence-electron chi connectivity index (χ3n) is 23.2. The van der Waals surface area contributed by atoms with Crippen LogP contribution in [-0.4, -0.2) is 6.71 Å². The molecular formula is C108H69BN2O2. The number of furan rings is 2. The van der Waals surface area contributed by atoms with E-state index in [1.807, 2.05) is 0 Å². The van der Waals surface area contributed by atoms with Gasteiger partial charge in [-0.1, -0.05) is 334 Å². The number of hydrogen-bond donors (Lipinski definition) is 0. The van der Waals surface area contributed by atoms with Crippen LogP contribution in [0.4, 0.5) is 34.1 Å². The summed E-state index contributed by atoms with van der Waals surface area (Å²) in [4.78, 5) is 5.36. The SMILES string of the molecule is c1ccc(-c2ccc(-c3ccc4c(c3)B3c5cc(-c6cccc7oc8ccccc8c67)ccc5N(c5c(-c6ccccc6)cc(-c6ccccc6)cc5-c5ccccc5)c5cc(-c6ccc7oc8ccccc8c7c6)cc(c53)N4c3c(-c4ccccc4)cc(-c4ccccc4)cc3-c3ccccc3)c(-c3ccccc3)c2)cc1. The molecule has 0 N–H and O–H groups in total. The molecule has 0 fully saturated rings. The quantitative estimate of drug-likeness (QED) is 0.108. The van der Waals surface area contributed by atoms with Crippen LogP contribution in [0.5, 0.6) is 0 Å². The van der Waals surface area contributed by atoms with E-state index in [9.17, 15) is 0 Å². The minimum Gasteiger partial charge on any atom is -0.456 e. The van der Waals surface area contributed by atoms with E-state index in [0.717, 1.165) is 200 Å². The van der Waals surface area contributed by atoms with E-state index >= 15 is 0 Å². The molecule has 0 bridgehead atoms. The van der Waals surface area contributed by atoms with Gasteiger partial charge in [0.25, 0.3) is 6.71 Å². The summed E-state index contributed by atoms with van der Waals surface area (Å²) in [7, 11) is 0. The number of nitrogens with zero attached hydrogens (tertiary/aromatic N) is 2. The molecule has 0 saturated carbocycles. The zero-order chi connectivity index (χ0) is 74.5. The van der Waals surface area contributed by atoms with Crippen molar-refractivity contribution in [1.29, 1.82) is 0 Å². The third kappa shape index (κ3) is 11.1. The topological polar surface area (TPSA) is 32.8 Å². The molecule has 2 aromatic heterocycles. The average molecular weight is 1440 g/mol. The molecule has 20 aromatic rings. The minimum absolute atomic E-state index is 0.385. The number of benzene rings is 18. The Morgan fingerprint density at radius 3 is 0.991 bits per heavy atom. The fraction of sp³-hybridized carbons (Fsp3) is 0. The first-order valence-corrected chi connectivity index (χ1v) is 38.9. The van der Waals surface area contributed by atoms with Crippen molar-refractivity contribution in [2.75, 3.05) is 9.80 Å². The normalized spacial score (nSPS) is 12.2. The zero-order valence-corrected chi connectivity index (χ0v) is 61.6. The Bertz CT molecular complexity index is 6950. The molecular weight excluding hydrogens is 1370 g/mol. The van der Waals surface area contributed by atoms with Gasteiger partial charge in [-0.25, -0.2) is 0 Å². The highest BCUT2D eigenvalue weighted by Crippen LogP contribution is 2.56. The van der Waals surface area contributed by atoms with E-state index < -0.39 is 0 Å². The van der Waals surface area contributed by atoms with Gasteiger partial charge in [0.05, 0.1) is 11.4 Å². The number of fused-ring (bicyclic) bond motifs is 10. The van der Waals surface area contributed by atoms with Crippen LogP contribution in [0, 0.1) is 0 Å². The molecule has 2 aliphatic rings. The highest BCUT2D eigenvalue weighted by atomic mass is 16.3. The maximum Gasteiger partial charge on any atom is 0.252 e. The summed E-state index contributed by atoms with van der Waals surface area (Å²) in [5.41, 5.74) is 37.8.